The van der Waals surface area contributed by atoms with E-state index in [1.165, 1.54) is 19.3 Å². The van der Waals surface area contributed by atoms with Crippen molar-refractivity contribution in [2.45, 2.75) is 58.9 Å². The molecular formula is C15H26N4. The molecule has 2 N–H and O–H groups in total. The molecule has 19 heavy (non-hydrogen) atoms. The van der Waals surface area contributed by atoms with Crippen LogP contribution in [0.1, 0.15) is 57.3 Å². The van der Waals surface area contributed by atoms with E-state index in [-0.39, 0.29) is 0 Å². The molecule has 2 unspecified atom stereocenters. The summed E-state index contributed by atoms with van der Waals surface area (Å²) in [6.07, 6.45) is 3.87. The van der Waals surface area contributed by atoms with Crippen molar-refractivity contribution in [3.63, 3.8) is 0 Å². The van der Waals surface area contributed by atoms with E-state index >= 15 is 0 Å². The molecule has 0 amide bonds. The number of anilines is 2. The van der Waals surface area contributed by atoms with Crippen LogP contribution in [-0.2, 0) is 0 Å². The van der Waals surface area contributed by atoms with Crippen molar-refractivity contribution in [3.05, 3.63) is 11.4 Å². The highest BCUT2D eigenvalue weighted by Crippen LogP contribution is 2.38. The molecule has 1 aromatic rings. The minimum atomic E-state index is 0.346. The van der Waals surface area contributed by atoms with Gasteiger partial charge in [0.05, 0.1) is 0 Å². The van der Waals surface area contributed by atoms with Crippen LogP contribution in [0.3, 0.4) is 0 Å². The van der Waals surface area contributed by atoms with Crippen LogP contribution in [0, 0.1) is 12.8 Å². The van der Waals surface area contributed by atoms with Gasteiger partial charge in [-0.05, 0) is 25.7 Å². The fourth-order valence-electron chi connectivity index (χ4n) is 2.47. The summed E-state index contributed by atoms with van der Waals surface area (Å²) in [6, 6.07) is 0.610. The Hall–Kier alpha value is -1.32. The van der Waals surface area contributed by atoms with Crippen LogP contribution >= 0.6 is 0 Å². The van der Waals surface area contributed by atoms with Crippen LogP contribution in [0.15, 0.2) is 0 Å². The van der Waals surface area contributed by atoms with E-state index in [4.69, 9.17) is 4.98 Å². The standard InChI is InChI=1S/C15H26N4/c1-6-7-11-8-12(11)17-15-10(4)14(16-5)18-13(19-15)9(2)3/h9,11-12H,6-8H2,1-5H3,(H2,16,17,18,19). The van der Waals surface area contributed by atoms with Crippen LogP contribution in [0.2, 0.25) is 0 Å². The molecule has 1 aliphatic rings. The van der Waals surface area contributed by atoms with Gasteiger partial charge in [-0.2, -0.15) is 0 Å². The third kappa shape index (κ3) is 3.17. The third-order valence-electron chi connectivity index (χ3n) is 3.82. The predicted octanol–water partition coefficient (Wildman–Crippen LogP) is 3.55. The van der Waals surface area contributed by atoms with E-state index in [1.54, 1.807) is 0 Å². The quantitative estimate of drug-likeness (QED) is 0.823. The topological polar surface area (TPSA) is 49.8 Å². The Morgan fingerprint density at radius 3 is 2.53 bits per heavy atom. The highest BCUT2D eigenvalue weighted by Gasteiger charge is 2.36. The summed E-state index contributed by atoms with van der Waals surface area (Å²) in [4.78, 5) is 9.26. The molecule has 0 aromatic carbocycles. The average molecular weight is 262 g/mol. The maximum absolute atomic E-state index is 4.69. The molecule has 4 nitrogen and oxygen atoms in total. The van der Waals surface area contributed by atoms with Crippen LogP contribution in [0.4, 0.5) is 11.6 Å². The van der Waals surface area contributed by atoms with E-state index in [9.17, 15) is 0 Å². The summed E-state index contributed by atoms with van der Waals surface area (Å²) in [5.74, 6) is 4.03. The zero-order valence-electron chi connectivity index (χ0n) is 12.7. The minimum Gasteiger partial charge on any atom is -0.373 e. The fourth-order valence-corrected chi connectivity index (χ4v) is 2.47. The lowest BCUT2D eigenvalue weighted by atomic mass is 10.2. The Morgan fingerprint density at radius 2 is 1.95 bits per heavy atom. The number of nitrogens with one attached hydrogen (secondary N) is 2. The van der Waals surface area contributed by atoms with Crippen molar-refractivity contribution in [2.24, 2.45) is 5.92 Å². The van der Waals surface area contributed by atoms with Gasteiger partial charge in [-0.15, -0.1) is 0 Å². The minimum absolute atomic E-state index is 0.346. The molecule has 0 saturated heterocycles. The molecule has 0 bridgehead atoms. The van der Waals surface area contributed by atoms with E-state index < -0.39 is 0 Å². The van der Waals surface area contributed by atoms with Crippen molar-refractivity contribution in [3.8, 4) is 0 Å². The first-order chi connectivity index (χ1) is 9.06. The van der Waals surface area contributed by atoms with Gasteiger partial charge in [-0.3, -0.25) is 0 Å². The third-order valence-corrected chi connectivity index (χ3v) is 3.82. The highest BCUT2D eigenvalue weighted by molar-refractivity contribution is 5.58. The van der Waals surface area contributed by atoms with Crippen molar-refractivity contribution >= 4 is 11.6 Å². The van der Waals surface area contributed by atoms with Gasteiger partial charge < -0.3 is 10.6 Å². The lowest BCUT2D eigenvalue weighted by Crippen LogP contribution is -2.13. The number of hydrogen-bond donors (Lipinski definition) is 2. The molecule has 0 aliphatic heterocycles. The van der Waals surface area contributed by atoms with Gasteiger partial charge >= 0.3 is 0 Å². The molecule has 0 spiro atoms. The normalized spacial score (nSPS) is 21.6. The summed E-state index contributed by atoms with van der Waals surface area (Å²) in [7, 11) is 1.92. The molecule has 1 fully saturated rings. The monoisotopic (exact) mass is 262 g/mol. The first kappa shape index (κ1) is 14.1. The van der Waals surface area contributed by atoms with Gasteiger partial charge in [-0.25, -0.2) is 9.97 Å². The molecule has 1 aliphatic carbocycles. The summed E-state index contributed by atoms with van der Waals surface area (Å²) in [5.41, 5.74) is 1.12. The molecule has 1 aromatic heterocycles. The van der Waals surface area contributed by atoms with Crippen molar-refractivity contribution < 1.29 is 0 Å². The number of nitrogens with zero attached hydrogens (tertiary/aromatic N) is 2. The molecule has 4 heteroatoms. The molecule has 2 atom stereocenters. The average Bonchev–Trinajstić information content (AvgIpc) is 3.10. The smallest absolute Gasteiger partial charge is 0.135 e. The zero-order valence-corrected chi connectivity index (χ0v) is 12.7. The van der Waals surface area contributed by atoms with E-state index in [0.717, 1.165) is 28.9 Å². The van der Waals surface area contributed by atoms with Crippen molar-refractivity contribution in [1.29, 1.82) is 0 Å². The Bertz CT molecular complexity index is 442. The summed E-state index contributed by atoms with van der Waals surface area (Å²) in [5, 5.41) is 6.77. The van der Waals surface area contributed by atoms with Gasteiger partial charge in [0.2, 0.25) is 0 Å². The summed E-state index contributed by atoms with van der Waals surface area (Å²) in [6.45, 7) is 8.59. The summed E-state index contributed by atoms with van der Waals surface area (Å²) < 4.78 is 0. The number of aromatic nitrogens is 2. The first-order valence-electron chi connectivity index (χ1n) is 7.39. The lowest BCUT2D eigenvalue weighted by Gasteiger charge is -2.15. The second-order valence-corrected chi connectivity index (χ2v) is 5.84. The maximum Gasteiger partial charge on any atom is 0.135 e. The van der Waals surface area contributed by atoms with Gasteiger partial charge in [0, 0.05) is 24.6 Å². The number of rotatable bonds is 6. The number of hydrogen-bond acceptors (Lipinski definition) is 4. The van der Waals surface area contributed by atoms with Crippen LogP contribution in [-0.4, -0.2) is 23.1 Å². The van der Waals surface area contributed by atoms with E-state index in [0.29, 0.717) is 12.0 Å². The Kier molecular flexibility index (Phi) is 4.27. The van der Waals surface area contributed by atoms with Gasteiger partial charge in [0.1, 0.15) is 17.5 Å². The van der Waals surface area contributed by atoms with Crippen LogP contribution in [0.25, 0.3) is 0 Å². The maximum atomic E-state index is 4.69. The molecule has 106 valence electrons. The molecule has 2 rings (SSSR count). The lowest BCUT2D eigenvalue weighted by molar-refractivity contribution is 0.691. The SMILES string of the molecule is CCCC1CC1Nc1nc(C(C)C)nc(NC)c1C. The van der Waals surface area contributed by atoms with Gasteiger partial charge in [-0.1, -0.05) is 27.2 Å². The molecular weight excluding hydrogens is 236 g/mol. The van der Waals surface area contributed by atoms with E-state index in [2.05, 4.69) is 43.3 Å². The summed E-state index contributed by atoms with van der Waals surface area (Å²) >= 11 is 0. The molecule has 1 heterocycles. The largest absolute Gasteiger partial charge is 0.373 e. The molecule has 0 radical (unpaired) electrons. The van der Waals surface area contributed by atoms with Crippen molar-refractivity contribution in [1.82, 2.24) is 9.97 Å². The fraction of sp³-hybridized carbons (Fsp3) is 0.733. The van der Waals surface area contributed by atoms with Gasteiger partial charge in [0.25, 0.3) is 0 Å². The Morgan fingerprint density at radius 1 is 1.26 bits per heavy atom. The van der Waals surface area contributed by atoms with Crippen LogP contribution in [0.5, 0.6) is 0 Å². The Labute approximate surface area is 116 Å². The van der Waals surface area contributed by atoms with Crippen molar-refractivity contribution in [2.75, 3.05) is 17.7 Å². The Balaban J connectivity index is 2.17. The first-order valence-corrected chi connectivity index (χ1v) is 7.39. The zero-order chi connectivity index (χ0) is 14.0. The van der Waals surface area contributed by atoms with Gasteiger partial charge in [0.15, 0.2) is 0 Å². The highest BCUT2D eigenvalue weighted by atomic mass is 15.1. The van der Waals surface area contributed by atoms with Crippen LogP contribution < -0.4 is 10.6 Å². The second-order valence-electron chi connectivity index (χ2n) is 5.84. The predicted molar refractivity (Wildman–Crippen MR) is 80.8 cm³/mol. The molecule has 1 saturated carbocycles. The van der Waals surface area contributed by atoms with E-state index in [1.807, 2.05) is 7.05 Å². The second kappa shape index (κ2) is 5.76.